The van der Waals surface area contributed by atoms with E-state index >= 15 is 0 Å². The highest BCUT2D eigenvalue weighted by molar-refractivity contribution is 14.0. The largest absolute Gasteiger partial charge is 0.381 e. The van der Waals surface area contributed by atoms with Gasteiger partial charge in [-0.3, -0.25) is 0 Å². The Morgan fingerprint density at radius 2 is 2.07 bits per heavy atom. The Morgan fingerprint density at radius 1 is 1.21 bits per heavy atom. The topological polar surface area (TPSA) is 85.6 Å². The van der Waals surface area contributed by atoms with Crippen LogP contribution in [0.15, 0.2) is 4.99 Å². The van der Waals surface area contributed by atoms with Gasteiger partial charge in [-0.1, -0.05) is 6.42 Å². The minimum absolute atomic E-state index is 0. The maximum Gasteiger partial charge on any atom is 0.191 e. The van der Waals surface area contributed by atoms with Gasteiger partial charge in [0.1, 0.15) is 12.4 Å². The van der Waals surface area contributed by atoms with E-state index in [1.165, 1.54) is 19.3 Å². The summed E-state index contributed by atoms with van der Waals surface area (Å²) in [6.07, 6.45) is 7.93. The van der Waals surface area contributed by atoms with Crippen LogP contribution < -0.4 is 10.6 Å². The molecule has 0 aromatic carbocycles. The SMILES string of the molecule is CCNC(=NCc1nnc2n1CCCCC2)NCCCOCC1CCOCC1.I. The fourth-order valence-corrected chi connectivity index (χ4v) is 3.70. The molecule has 2 N–H and O–H groups in total. The van der Waals surface area contributed by atoms with Crippen molar-refractivity contribution in [3.05, 3.63) is 11.6 Å². The van der Waals surface area contributed by atoms with E-state index in [0.29, 0.717) is 12.5 Å². The Hall–Kier alpha value is -0.940. The predicted octanol–water partition coefficient (Wildman–Crippen LogP) is 2.51. The molecule has 3 rings (SSSR count). The molecule has 1 aromatic heterocycles. The van der Waals surface area contributed by atoms with Crippen LogP contribution in [-0.4, -0.2) is 60.2 Å². The summed E-state index contributed by atoms with van der Waals surface area (Å²) >= 11 is 0. The fraction of sp³-hybridized carbons (Fsp3) is 0.850. The first kappa shape index (κ1) is 24.3. The first-order valence-corrected chi connectivity index (χ1v) is 11.0. The third kappa shape index (κ3) is 8.37. The van der Waals surface area contributed by atoms with E-state index in [1.54, 1.807) is 0 Å². The van der Waals surface area contributed by atoms with Gasteiger partial charge >= 0.3 is 0 Å². The third-order valence-electron chi connectivity index (χ3n) is 5.36. The van der Waals surface area contributed by atoms with Gasteiger partial charge in [-0.05, 0) is 44.9 Å². The first-order chi connectivity index (χ1) is 13.9. The third-order valence-corrected chi connectivity index (χ3v) is 5.36. The molecule has 2 aliphatic rings. The first-order valence-electron chi connectivity index (χ1n) is 11.0. The van der Waals surface area contributed by atoms with Crippen LogP contribution in [0, 0.1) is 5.92 Å². The van der Waals surface area contributed by atoms with Crippen LogP contribution in [0.4, 0.5) is 0 Å². The van der Waals surface area contributed by atoms with Crippen molar-refractivity contribution in [3.8, 4) is 0 Å². The number of aromatic nitrogens is 3. The molecule has 0 radical (unpaired) electrons. The van der Waals surface area contributed by atoms with Gasteiger partial charge in [0, 0.05) is 52.5 Å². The number of aliphatic imine (C=N–C) groups is 1. The Kier molecular flexibility index (Phi) is 11.9. The van der Waals surface area contributed by atoms with E-state index in [9.17, 15) is 0 Å². The van der Waals surface area contributed by atoms with Crippen molar-refractivity contribution in [2.45, 2.75) is 65.0 Å². The molecule has 1 fully saturated rings. The quantitative estimate of drug-likeness (QED) is 0.225. The molecule has 1 aromatic rings. The fourth-order valence-electron chi connectivity index (χ4n) is 3.70. The molecule has 3 heterocycles. The maximum absolute atomic E-state index is 5.83. The summed E-state index contributed by atoms with van der Waals surface area (Å²) in [5, 5.41) is 15.4. The molecule has 0 saturated carbocycles. The zero-order valence-corrected chi connectivity index (χ0v) is 20.0. The second-order valence-electron chi connectivity index (χ2n) is 7.60. The molecule has 9 heteroatoms. The molecule has 0 spiro atoms. The summed E-state index contributed by atoms with van der Waals surface area (Å²) < 4.78 is 13.5. The summed E-state index contributed by atoms with van der Waals surface area (Å²) in [6, 6.07) is 0. The zero-order valence-electron chi connectivity index (χ0n) is 17.7. The number of nitrogens with zero attached hydrogens (tertiary/aromatic N) is 4. The number of fused-ring (bicyclic) bond motifs is 1. The molecule has 0 amide bonds. The second kappa shape index (κ2) is 14.1. The highest BCUT2D eigenvalue weighted by atomic mass is 127. The van der Waals surface area contributed by atoms with Gasteiger partial charge in [-0.2, -0.15) is 0 Å². The van der Waals surface area contributed by atoms with Gasteiger partial charge in [0.2, 0.25) is 0 Å². The van der Waals surface area contributed by atoms with Gasteiger partial charge in [0.25, 0.3) is 0 Å². The van der Waals surface area contributed by atoms with E-state index in [0.717, 1.165) is 89.4 Å². The molecule has 29 heavy (non-hydrogen) atoms. The van der Waals surface area contributed by atoms with Crippen molar-refractivity contribution in [1.82, 2.24) is 25.4 Å². The van der Waals surface area contributed by atoms with Crippen LogP contribution >= 0.6 is 24.0 Å². The molecule has 0 unspecified atom stereocenters. The number of guanidine groups is 1. The molecule has 166 valence electrons. The Labute approximate surface area is 191 Å². The smallest absolute Gasteiger partial charge is 0.191 e. The number of nitrogens with one attached hydrogen (secondary N) is 2. The molecule has 0 bridgehead atoms. The Balaban J connectivity index is 0.00000300. The molecular weight excluding hydrogens is 483 g/mol. The van der Waals surface area contributed by atoms with Crippen LogP contribution in [-0.2, 0) is 29.0 Å². The number of hydrogen-bond acceptors (Lipinski definition) is 5. The Bertz CT molecular complexity index is 604. The summed E-state index contributed by atoms with van der Waals surface area (Å²) in [5.74, 6) is 3.58. The van der Waals surface area contributed by atoms with Gasteiger partial charge in [-0.25, -0.2) is 4.99 Å². The molecule has 1 saturated heterocycles. The molecule has 8 nitrogen and oxygen atoms in total. The van der Waals surface area contributed by atoms with Crippen LogP contribution in [0.1, 0.15) is 57.1 Å². The lowest BCUT2D eigenvalue weighted by atomic mass is 10.0. The minimum Gasteiger partial charge on any atom is -0.381 e. The average Bonchev–Trinajstić information content (AvgIpc) is 2.95. The number of hydrogen-bond donors (Lipinski definition) is 2. The van der Waals surface area contributed by atoms with E-state index in [2.05, 4.69) is 32.3 Å². The standard InChI is InChI=1S/C20H36N6O2.HI/c1-2-21-20(22-10-6-12-28-16-17-8-13-27-14-9-17)23-15-19-25-24-18-7-4-3-5-11-26(18)19;/h17H,2-16H2,1H3,(H2,21,22,23);1H. The summed E-state index contributed by atoms with van der Waals surface area (Å²) in [6.45, 7) is 8.74. The Morgan fingerprint density at radius 3 is 2.90 bits per heavy atom. The lowest BCUT2D eigenvalue weighted by Crippen LogP contribution is -2.38. The van der Waals surface area contributed by atoms with Gasteiger partial charge < -0.3 is 24.7 Å². The highest BCUT2D eigenvalue weighted by Crippen LogP contribution is 2.15. The van der Waals surface area contributed by atoms with Crippen LogP contribution in [0.25, 0.3) is 0 Å². The number of aryl methyl sites for hydroxylation is 1. The van der Waals surface area contributed by atoms with Crippen molar-refractivity contribution in [2.24, 2.45) is 10.9 Å². The van der Waals surface area contributed by atoms with Crippen molar-refractivity contribution in [2.75, 3.05) is 39.5 Å². The minimum atomic E-state index is 0. The van der Waals surface area contributed by atoms with Gasteiger partial charge in [0.15, 0.2) is 11.8 Å². The highest BCUT2D eigenvalue weighted by Gasteiger charge is 2.15. The molecule has 0 atom stereocenters. The number of rotatable bonds is 9. The van der Waals surface area contributed by atoms with Gasteiger partial charge in [-0.15, -0.1) is 34.2 Å². The average molecular weight is 520 g/mol. The van der Waals surface area contributed by atoms with Gasteiger partial charge in [0.05, 0.1) is 0 Å². The van der Waals surface area contributed by atoms with Crippen molar-refractivity contribution in [1.29, 1.82) is 0 Å². The molecule has 2 aliphatic heterocycles. The predicted molar refractivity (Wildman–Crippen MR) is 125 cm³/mol. The van der Waals surface area contributed by atoms with Crippen molar-refractivity contribution < 1.29 is 9.47 Å². The molecule has 0 aliphatic carbocycles. The lowest BCUT2D eigenvalue weighted by Gasteiger charge is -2.21. The molecular formula is C20H37IN6O2. The van der Waals surface area contributed by atoms with Crippen LogP contribution in [0.5, 0.6) is 0 Å². The zero-order chi connectivity index (χ0) is 19.4. The van der Waals surface area contributed by atoms with Crippen LogP contribution in [0.2, 0.25) is 0 Å². The van der Waals surface area contributed by atoms with E-state index < -0.39 is 0 Å². The van der Waals surface area contributed by atoms with Crippen molar-refractivity contribution in [3.63, 3.8) is 0 Å². The van der Waals surface area contributed by atoms with E-state index in [-0.39, 0.29) is 24.0 Å². The summed E-state index contributed by atoms with van der Waals surface area (Å²) in [5.41, 5.74) is 0. The van der Waals surface area contributed by atoms with Crippen molar-refractivity contribution >= 4 is 29.9 Å². The number of halogens is 1. The monoisotopic (exact) mass is 520 g/mol. The maximum atomic E-state index is 5.83. The second-order valence-corrected chi connectivity index (χ2v) is 7.60. The summed E-state index contributed by atoms with van der Waals surface area (Å²) in [7, 11) is 0. The van der Waals surface area contributed by atoms with Crippen LogP contribution in [0.3, 0.4) is 0 Å². The van der Waals surface area contributed by atoms with E-state index in [4.69, 9.17) is 14.5 Å². The summed E-state index contributed by atoms with van der Waals surface area (Å²) in [4.78, 5) is 4.70. The normalized spacial score (nSPS) is 17.9. The van der Waals surface area contributed by atoms with E-state index in [1.807, 2.05) is 0 Å². The lowest BCUT2D eigenvalue weighted by molar-refractivity contribution is 0.0203. The number of ether oxygens (including phenoxy) is 2.